The Labute approximate surface area is 198 Å². The first kappa shape index (κ1) is 24.1. The molecule has 0 radical (unpaired) electrons. The van der Waals surface area contributed by atoms with Crippen LogP contribution in [0.2, 0.25) is 15.1 Å². The van der Waals surface area contributed by atoms with E-state index in [9.17, 15) is 23.6 Å². The molecule has 0 atom stereocenters. The number of aromatic hydroxyl groups is 1. The molecule has 2 N–H and O–H groups in total. The lowest BCUT2D eigenvalue weighted by Gasteiger charge is -2.13. The lowest BCUT2D eigenvalue weighted by molar-refractivity contribution is -0.384. The number of phenolic OH excluding ortho intramolecular Hbond substituents is 1. The molecule has 0 aliphatic carbocycles. The van der Waals surface area contributed by atoms with E-state index in [1.807, 2.05) is 0 Å². The maximum Gasteiger partial charge on any atom is 0.271 e. The number of non-ortho nitro benzene ring substituents is 1. The summed E-state index contributed by atoms with van der Waals surface area (Å²) in [5.41, 5.74) is 0.615. The molecule has 0 saturated carbocycles. The Hall–Kier alpha value is -2.56. The Balaban J connectivity index is 1.75. The summed E-state index contributed by atoms with van der Waals surface area (Å²) in [6.07, 6.45) is 0.404. The van der Waals surface area contributed by atoms with Crippen molar-refractivity contribution in [3.05, 3.63) is 85.3 Å². The molecule has 12 heteroatoms. The Morgan fingerprint density at radius 2 is 1.59 bits per heavy atom. The van der Waals surface area contributed by atoms with Crippen molar-refractivity contribution in [2.75, 3.05) is 6.54 Å². The number of hydrogen-bond donors (Lipinski definition) is 2. The summed E-state index contributed by atoms with van der Waals surface area (Å²) >= 11 is 18.4. The van der Waals surface area contributed by atoms with Gasteiger partial charge in [-0.3, -0.25) is 10.1 Å². The van der Waals surface area contributed by atoms with Gasteiger partial charge in [0.05, 0.1) is 24.9 Å². The topological polar surface area (TPSA) is 119 Å². The molecule has 3 rings (SSSR count). The first-order valence-electron chi connectivity index (χ1n) is 8.95. The minimum Gasteiger partial charge on any atom is -0.508 e. The average molecular weight is 518 g/mol. The number of sulfonamides is 1. The molecule has 0 aromatic heterocycles. The van der Waals surface area contributed by atoms with Gasteiger partial charge < -0.3 is 9.84 Å². The predicted molar refractivity (Wildman–Crippen MR) is 122 cm³/mol. The van der Waals surface area contributed by atoms with Crippen LogP contribution in [0.5, 0.6) is 17.2 Å². The molecule has 3 aromatic rings. The molecule has 3 aromatic carbocycles. The zero-order valence-electron chi connectivity index (χ0n) is 16.1. The van der Waals surface area contributed by atoms with Crippen LogP contribution in [0, 0.1) is 10.1 Å². The van der Waals surface area contributed by atoms with E-state index in [2.05, 4.69) is 4.72 Å². The predicted octanol–water partition coefficient (Wildman–Crippen LogP) is 5.57. The number of phenols is 1. The summed E-state index contributed by atoms with van der Waals surface area (Å²) in [6.45, 7) is 0.110. The summed E-state index contributed by atoms with van der Waals surface area (Å²) in [4.78, 5) is 10.0. The number of hydrogen-bond acceptors (Lipinski definition) is 6. The number of benzene rings is 3. The van der Waals surface area contributed by atoms with Crippen molar-refractivity contribution < 1.29 is 23.2 Å². The van der Waals surface area contributed by atoms with E-state index in [0.29, 0.717) is 6.42 Å². The fourth-order valence-electron chi connectivity index (χ4n) is 2.66. The van der Waals surface area contributed by atoms with E-state index in [-0.39, 0.29) is 49.4 Å². The summed E-state index contributed by atoms with van der Waals surface area (Å²) in [7, 11) is -3.92. The quantitative estimate of drug-likeness (QED) is 0.298. The van der Waals surface area contributed by atoms with Gasteiger partial charge in [0.2, 0.25) is 10.0 Å². The Bertz CT molecular complexity index is 1240. The first-order valence-corrected chi connectivity index (χ1v) is 11.6. The van der Waals surface area contributed by atoms with E-state index >= 15 is 0 Å². The van der Waals surface area contributed by atoms with Crippen molar-refractivity contribution in [2.24, 2.45) is 0 Å². The van der Waals surface area contributed by atoms with Gasteiger partial charge >= 0.3 is 0 Å². The third kappa shape index (κ3) is 5.81. The molecular weight excluding hydrogens is 503 g/mol. The zero-order valence-corrected chi connectivity index (χ0v) is 19.2. The molecule has 0 unspecified atom stereocenters. The lowest BCUT2D eigenvalue weighted by Crippen LogP contribution is -2.26. The van der Waals surface area contributed by atoms with Crippen LogP contribution in [0.15, 0.2) is 59.5 Å². The highest BCUT2D eigenvalue weighted by Gasteiger charge is 2.20. The molecule has 0 heterocycles. The zero-order chi connectivity index (χ0) is 23.5. The minimum atomic E-state index is -3.92. The first-order chi connectivity index (χ1) is 15.1. The highest BCUT2D eigenvalue weighted by molar-refractivity contribution is 7.89. The Morgan fingerprint density at radius 3 is 2.16 bits per heavy atom. The normalized spacial score (nSPS) is 11.3. The maximum absolute atomic E-state index is 12.6. The van der Waals surface area contributed by atoms with Crippen LogP contribution in [-0.2, 0) is 16.4 Å². The molecule has 0 spiro atoms. The molecule has 8 nitrogen and oxygen atoms in total. The Morgan fingerprint density at radius 1 is 0.969 bits per heavy atom. The van der Waals surface area contributed by atoms with Gasteiger partial charge in [-0.15, -0.1) is 0 Å². The van der Waals surface area contributed by atoms with Crippen LogP contribution in [0.4, 0.5) is 5.69 Å². The van der Waals surface area contributed by atoms with Gasteiger partial charge in [0.15, 0.2) is 5.75 Å². The van der Waals surface area contributed by atoms with Gasteiger partial charge in [-0.05, 0) is 42.3 Å². The highest BCUT2D eigenvalue weighted by atomic mass is 35.5. The lowest BCUT2D eigenvalue weighted by atomic mass is 10.1. The molecule has 32 heavy (non-hydrogen) atoms. The van der Waals surface area contributed by atoms with Gasteiger partial charge in [-0.1, -0.05) is 46.9 Å². The molecule has 0 saturated heterocycles. The summed E-state index contributed by atoms with van der Waals surface area (Å²) in [5.74, 6) is 0.131. The SMILES string of the molecule is O=[N+]([O-])c1ccc(Oc2c(Cl)cc(S(=O)(=O)NCCc3ccc(O)cc3)cc2Cl)c(Cl)c1. The number of halogens is 3. The molecule has 0 amide bonds. The Kier molecular flexibility index (Phi) is 7.47. The average Bonchev–Trinajstić information content (AvgIpc) is 2.72. The summed E-state index contributed by atoms with van der Waals surface area (Å²) < 4.78 is 33.2. The van der Waals surface area contributed by atoms with Crippen molar-refractivity contribution in [3.8, 4) is 17.2 Å². The standard InChI is InChI=1S/C20H15Cl3N2O6S/c21-16-9-13(25(27)28)3-6-19(16)31-20-17(22)10-15(11-18(20)23)32(29,30)24-8-7-12-1-4-14(26)5-2-12/h1-6,9-11,24,26H,7-8H2. The number of ether oxygens (including phenoxy) is 1. The number of nitrogens with zero attached hydrogens (tertiary/aromatic N) is 1. The molecule has 0 bridgehead atoms. The van der Waals surface area contributed by atoms with E-state index < -0.39 is 14.9 Å². The fourth-order valence-corrected chi connectivity index (χ4v) is 4.65. The summed E-state index contributed by atoms with van der Waals surface area (Å²) in [6, 6.07) is 12.3. The van der Waals surface area contributed by atoms with E-state index in [4.69, 9.17) is 39.5 Å². The molecule has 0 aliphatic heterocycles. The van der Waals surface area contributed by atoms with Crippen LogP contribution >= 0.6 is 34.8 Å². The van der Waals surface area contributed by atoms with Crippen LogP contribution < -0.4 is 9.46 Å². The van der Waals surface area contributed by atoms with E-state index in [1.54, 1.807) is 12.1 Å². The second-order valence-corrected chi connectivity index (χ2v) is 9.49. The monoisotopic (exact) mass is 516 g/mol. The van der Waals surface area contributed by atoms with Gasteiger partial charge in [0.25, 0.3) is 5.69 Å². The minimum absolute atomic E-state index is 0.0427. The van der Waals surface area contributed by atoms with Crippen LogP contribution in [0.25, 0.3) is 0 Å². The van der Waals surface area contributed by atoms with E-state index in [1.165, 1.54) is 36.4 Å². The molecular formula is C20H15Cl3N2O6S. The third-order valence-corrected chi connectivity index (χ3v) is 6.56. The third-order valence-electron chi connectivity index (χ3n) is 4.26. The number of nitro benzene ring substituents is 1. The maximum atomic E-state index is 12.6. The second kappa shape index (κ2) is 9.93. The number of nitro groups is 1. The van der Waals surface area contributed by atoms with Gasteiger partial charge in [0.1, 0.15) is 11.5 Å². The van der Waals surface area contributed by atoms with Crippen LogP contribution in [-0.4, -0.2) is 25.0 Å². The number of nitrogens with one attached hydrogen (secondary N) is 1. The fraction of sp³-hybridized carbons (Fsp3) is 0.100. The largest absolute Gasteiger partial charge is 0.508 e. The van der Waals surface area contributed by atoms with Crippen LogP contribution in [0.3, 0.4) is 0 Å². The van der Waals surface area contributed by atoms with Crippen molar-refractivity contribution >= 4 is 50.5 Å². The van der Waals surface area contributed by atoms with Crippen LogP contribution in [0.1, 0.15) is 5.56 Å². The molecule has 168 valence electrons. The van der Waals surface area contributed by atoms with Gasteiger partial charge in [-0.2, -0.15) is 0 Å². The van der Waals surface area contributed by atoms with E-state index in [0.717, 1.165) is 11.6 Å². The van der Waals surface area contributed by atoms with Gasteiger partial charge in [-0.25, -0.2) is 13.1 Å². The molecule has 0 fully saturated rings. The van der Waals surface area contributed by atoms with Crippen molar-refractivity contribution in [3.63, 3.8) is 0 Å². The smallest absolute Gasteiger partial charge is 0.271 e. The van der Waals surface area contributed by atoms with Gasteiger partial charge in [0, 0.05) is 18.7 Å². The second-order valence-electron chi connectivity index (χ2n) is 6.50. The van der Waals surface area contributed by atoms with Crippen molar-refractivity contribution in [1.82, 2.24) is 4.72 Å². The molecule has 0 aliphatic rings. The van der Waals surface area contributed by atoms with Crippen molar-refractivity contribution in [2.45, 2.75) is 11.3 Å². The highest BCUT2D eigenvalue weighted by Crippen LogP contribution is 2.41. The summed E-state index contributed by atoms with van der Waals surface area (Å²) in [5, 5.41) is 19.9. The number of rotatable bonds is 8. The van der Waals surface area contributed by atoms with Crippen molar-refractivity contribution in [1.29, 1.82) is 0 Å².